The zero-order chi connectivity index (χ0) is 12.3. The number of hydrogen-bond acceptors (Lipinski definition) is 0. The summed E-state index contributed by atoms with van der Waals surface area (Å²) in [5.74, 6) is 0. The van der Waals surface area contributed by atoms with Gasteiger partial charge in [-0.15, -0.1) is 0 Å². The number of halogens is 3. The molecule has 0 saturated heterocycles. The quantitative estimate of drug-likeness (QED) is 0.805. The smallest absolute Gasteiger partial charge is 0.361 e. The molecule has 0 atom stereocenters. The van der Waals surface area contributed by atoms with Gasteiger partial charge in [0.05, 0.1) is 11.3 Å². The number of H-pyrrole nitrogens is 1. The molecule has 0 aliphatic heterocycles. The minimum absolute atomic E-state index is 0.0707. The summed E-state index contributed by atoms with van der Waals surface area (Å²) < 4.78 is 37.7. The van der Waals surface area contributed by atoms with E-state index >= 15 is 0 Å². The normalized spacial score (nSPS) is 12.2. The van der Waals surface area contributed by atoms with Crippen LogP contribution in [0.25, 0.3) is 12.2 Å². The number of alkyl halides is 3. The van der Waals surface area contributed by atoms with Crippen molar-refractivity contribution >= 4 is 12.2 Å². The van der Waals surface area contributed by atoms with E-state index in [2.05, 4.69) is 4.98 Å². The van der Waals surface area contributed by atoms with E-state index in [9.17, 15) is 13.2 Å². The van der Waals surface area contributed by atoms with E-state index < -0.39 is 11.7 Å². The van der Waals surface area contributed by atoms with E-state index in [0.717, 1.165) is 11.6 Å². The lowest BCUT2D eigenvalue weighted by atomic mass is 10.1. The van der Waals surface area contributed by atoms with Gasteiger partial charge in [0.25, 0.3) is 0 Å². The molecule has 0 radical (unpaired) electrons. The van der Waals surface area contributed by atoms with Crippen molar-refractivity contribution in [3.8, 4) is 0 Å². The number of nitrogens with one attached hydrogen (secondary N) is 1. The van der Waals surface area contributed by atoms with Gasteiger partial charge in [-0.25, -0.2) is 0 Å². The van der Waals surface area contributed by atoms with Crippen LogP contribution >= 0.6 is 0 Å². The number of benzene rings is 1. The van der Waals surface area contributed by atoms with E-state index in [4.69, 9.17) is 0 Å². The molecule has 0 spiro atoms. The van der Waals surface area contributed by atoms with Gasteiger partial charge < -0.3 is 4.98 Å². The van der Waals surface area contributed by atoms with Gasteiger partial charge in [-0.1, -0.05) is 36.4 Å². The summed E-state index contributed by atoms with van der Waals surface area (Å²) >= 11 is 0. The van der Waals surface area contributed by atoms with Crippen LogP contribution in [-0.4, -0.2) is 4.98 Å². The SMILES string of the molecule is FC(F)(F)c1cc[nH]c1C=Cc1ccccc1. The Bertz CT molecular complexity index is 509. The van der Waals surface area contributed by atoms with Crippen LogP contribution in [-0.2, 0) is 6.18 Å². The van der Waals surface area contributed by atoms with E-state index in [0.29, 0.717) is 0 Å². The first kappa shape index (κ1) is 11.5. The summed E-state index contributed by atoms with van der Waals surface area (Å²) in [6.45, 7) is 0. The third-order valence-corrected chi connectivity index (χ3v) is 2.33. The van der Waals surface area contributed by atoms with Crippen molar-refractivity contribution in [2.45, 2.75) is 6.18 Å². The molecule has 1 aromatic carbocycles. The van der Waals surface area contributed by atoms with Crippen LogP contribution < -0.4 is 0 Å². The highest BCUT2D eigenvalue weighted by molar-refractivity contribution is 5.69. The lowest BCUT2D eigenvalue weighted by Crippen LogP contribution is -2.05. The zero-order valence-electron chi connectivity index (χ0n) is 8.83. The van der Waals surface area contributed by atoms with Crippen LogP contribution in [0.15, 0.2) is 42.6 Å². The fourth-order valence-electron chi connectivity index (χ4n) is 1.51. The van der Waals surface area contributed by atoms with Crippen molar-refractivity contribution < 1.29 is 13.2 Å². The molecule has 0 aliphatic carbocycles. The molecule has 2 aromatic rings. The van der Waals surface area contributed by atoms with Gasteiger partial charge in [0.15, 0.2) is 0 Å². The van der Waals surface area contributed by atoms with Crippen molar-refractivity contribution in [3.05, 3.63) is 59.4 Å². The minimum Gasteiger partial charge on any atom is -0.361 e. The number of rotatable bonds is 2. The van der Waals surface area contributed by atoms with Crippen molar-refractivity contribution in [1.82, 2.24) is 4.98 Å². The van der Waals surface area contributed by atoms with Crippen molar-refractivity contribution in [3.63, 3.8) is 0 Å². The van der Waals surface area contributed by atoms with Crippen LogP contribution in [0.3, 0.4) is 0 Å². The summed E-state index contributed by atoms with van der Waals surface area (Å²) in [6, 6.07) is 10.2. The fraction of sp³-hybridized carbons (Fsp3) is 0.0769. The van der Waals surface area contributed by atoms with E-state index in [1.54, 1.807) is 6.08 Å². The molecule has 0 saturated carbocycles. The first-order valence-corrected chi connectivity index (χ1v) is 5.05. The Hall–Kier alpha value is -1.97. The molecule has 0 amide bonds. The van der Waals surface area contributed by atoms with Crippen molar-refractivity contribution in [1.29, 1.82) is 0 Å². The van der Waals surface area contributed by atoms with Gasteiger partial charge in [0, 0.05) is 6.20 Å². The van der Waals surface area contributed by atoms with Crippen LogP contribution in [0.1, 0.15) is 16.8 Å². The number of aromatic amines is 1. The lowest BCUT2D eigenvalue weighted by Gasteiger charge is -2.04. The van der Waals surface area contributed by atoms with E-state index in [-0.39, 0.29) is 5.69 Å². The molecule has 17 heavy (non-hydrogen) atoms. The molecule has 1 N–H and O–H groups in total. The number of hydrogen-bond donors (Lipinski definition) is 1. The van der Waals surface area contributed by atoms with Gasteiger partial charge in [-0.05, 0) is 17.7 Å². The predicted octanol–water partition coefficient (Wildman–Crippen LogP) is 4.20. The maximum Gasteiger partial charge on any atom is 0.418 e. The number of aromatic nitrogens is 1. The molecule has 1 nitrogen and oxygen atoms in total. The highest BCUT2D eigenvalue weighted by Gasteiger charge is 2.33. The molecule has 0 unspecified atom stereocenters. The average molecular weight is 237 g/mol. The Morgan fingerprint density at radius 1 is 0.941 bits per heavy atom. The Morgan fingerprint density at radius 2 is 1.65 bits per heavy atom. The predicted molar refractivity (Wildman–Crippen MR) is 61.2 cm³/mol. The molecular formula is C13H10F3N. The second-order valence-electron chi connectivity index (χ2n) is 3.55. The average Bonchev–Trinajstić information content (AvgIpc) is 2.75. The second-order valence-corrected chi connectivity index (χ2v) is 3.55. The molecule has 0 fully saturated rings. The first-order valence-electron chi connectivity index (χ1n) is 5.05. The first-order chi connectivity index (χ1) is 8.07. The monoisotopic (exact) mass is 237 g/mol. The third kappa shape index (κ3) is 2.78. The second kappa shape index (κ2) is 4.49. The molecule has 2 rings (SSSR count). The molecule has 1 aromatic heterocycles. The molecular weight excluding hydrogens is 227 g/mol. The summed E-state index contributed by atoms with van der Waals surface area (Å²) in [5, 5.41) is 0. The van der Waals surface area contributed by atoms with Crippen LogP contribution in [0.2, 0.25) is 0 Å². The molecule has 4 heteroatoms. The van der Waals surface area contributed by atoms with Gasteiger partial charge in [-0.2, -0.15) is 13.2 Å². The molecule has 0 bridgehead atoms. The summed E-state index contributed by atoms with van der Waals surface area (Å²) in [6.07, 6.45) is 0.0308. The van der Waals surface area contributed by atoms with E-state index in [1.165, 1.54) is 12.3 Å². The van der Waals surface area contributed by atoms with Crippen molar-refractivity contribution in [2.75, 3.05) is 0 Å². The van der Waals surface area contributed by atoms with Gasteiger partial charge in [0.1, 0.15) is 0 Å². The van der Waals surface area contributed by atoms with Gasteiger partial charge in [0.2, 0.25) is 0 Å². The molecule has 0 aliphatic rings. The summed E-state index contributed by atoms with van der Waals surface area (Å²) in [4.78, 5) is 2.58. The Labute approximate surface area is 96.6 Å². The Kier molecular flexibility index (Phi) is 3.04. The van der Waals surface area contributed by atoms with Gasteiger partial charge >= 0.3 is 6.18 Å². The van der Waals surface area contributed by atoms with Gasteiger partial charge in [-0.3, -0.25) is 0 Å². The topological polar surface area (TPSA) is 15.8 Å². The summed E-state index contributed by atoms with van der Waals surface area (Å²) in [5.41, 5.74) is 0.279. The minimum atomic E-state index is -4.32. The van der Waals surface area contributed by atoms with Crippen LogP contribution in [0.5, 0.6) is 0 Å². The summed E-state index contributed by atoms with van der Waals surface area (Å²) in [7, 11) is 0. The highest BCUT2D eigenvalue weighted by Crippen LogP contribution is 2.32. The Balaban J connectivity index is 2.26. The van der Waals surface area contributed by atoms with E-state index in [1.807, 2.05) is 30.3 Å². The fourth-order valence-corrected chi connectivity index (χ4v) is 1.51. The maximum absolute atomic E-state index is 12.6. The largest absolute Gasteiger partial charge is 0.418 e. The molecule has 88 valence electrons. The molecule has 1 heterocycles. The third-order valence-electron chi connectivity index (χ3n) is 2.33. The van der Waals surface area contributed by atoms with Crippen LogP contribution in [0, 0.1) is 0 Å². The standard InChI is InChI=1S/C13H10F3N/c14-13(15,16)11-8-9-17-12(11)7-6-10-4-2-1-3-5-10/h1-9,17H. The zero-order valence-corrected chi connectivity index (χ0v) is 8.83. The van der Waals surface area contributed by atoms with Crippen LogP contribution in [0.4, 0.5) is 13.2 Å². The highest BCUT2D eigenvalue weighted by atomic mass is 19.4. The lowest BCUT2D eigenvalue weighted by molar-refractivity contribution is -0.137. The Morgan fingerprint density at radius 3 is 2.29 bits per heavy atom. The maximum atomic E-state index is 12.6. The van der Waals surface area contributed by atoms with Crippen molar-refractivity contribution in [2.24, 2.45) is 0 Å².